The number of hydrogen-bond acceptors (Lipinski definition) is 4. The monoisotopic (exact) mass is 397 g/mol. The number of fused-ring (bicyclic) bond motifs is 1. The van der Waals surface area contributed by atoms with Gasteiger partial charge in [-0.05, 0) is 50.5 Å². The summed E-state index contributed by atoms with van der Waals surface area (Å²) in [6, 6.07) is 13.5. The number of nitrogens with one attached hydrogen (secondary N) is 1. The lowest BCUT2D eigenvalue weighted by atomic mass is 10.2. The third-order valence-corrected chi connectivity index (χ3v) is 5.98. The van der Waals surface area contributed by atoms with Crippen molar-refractivity contribution in [2.24, 2.45) is 0 Å². The van der Waals surface area contributed by atoms with Crippen LogP contribution in [0.2, 0.25) is 5.02 Å². The second-order valence-electron chi connectivity index (χ2n) is 6.89. The molecule has 0 bridgehead atoms. The van der Waals surface area contributed by atoms with Gasteiger partial charge in [0.25, 0.3) is 0 Å². The normalized spacial score (nSPS) is 14.9. The number of rotatable bonds is 5. The number of amides is 1. The lowest BCUT2D eigenvalue weighted by Gasteiger charge is -2.15. The van der Waals surface area contributed by atoms with Crippen LogP contribution in [0.4, 0.5) is 5.69 Å². The molecular formula is C21H20ClN3OS. The summed E-state index contributed by atoms with van der Waals surface area (Å²) in [5.74, 6) is 1.29. The molecule has 1 unspecified atom stereocenters. The number of aromatic nitrogens is 2. The maximum atomic E-state index is 12.7. The molecule has 2 aromatic carbocycles. The van der Waals surface area contributed by atoms with E-state index >= 15 is 0 Å². The first-order valence-electron chi connectivity index (χ1n) is 9.01. The van der Waals surface area contributed by atoms with Crippen LogP contribution in [0.5, 0.6) is 0 Å². The van der Waals surface area contributed by atoms with E-state index in [1.165, 1.54) is 11.8 Å². The van der Waals surface area contributed by atoms with Gasteiger partial charge in [-0.1, -0.05) is 47.6 Å². The number of carbonyl (C=O) groups excluding carboxylic acids is 1. The van der Waals surface area contributed by atoms with Crippen LogP contribution < -0.4 is 5.32 Å². The van der Waals surface area contributed by atoms with Crippen LogP contribution in [0.15, 0.2) is 47.5 Å². The Morgan fingerprint density at radius 3 is 2.78 bits per heavy atom. The summed E-state index contributed by atoms with van der Waals surface area (Å²) in [5, 5.41) is 5.15. The SMILES string of the molecule is Cc1ccc(Cl)cc1NC(=O)C(C)Sc1nc(C2CC2)nc2ccccc12. The van der Waals surface area contributed by atoms with E-state index in [1.807, 2.05) is 50.2 Å². The average Bonchev–Trinajstić information content (AvgIpc) is 3.49. The third kappa shape index (κ3) is 4.09. The molecule has 0 spiro atoms. The molecule has 138 valence electrons. The first-order chi connectivity index (χ1) is 13.0. The van der Waals surface area contributed by atoms with Crippen molar-refractivity contribution in [2.75, 3.05) is 5.32 Å². The molecule has 1 aliphatic carbocycles. The minimum atomic E-state index is -0.297. The molecule has 6 heteroatoms. The van der Waals surface area contributed by atoms with E-state index in [0.29, 0.717) is 10.9 Å². The molecular weight excluding hydrogens is 378 g/mol. The van der Waals surface area contributed by atoms with E-state index < -0.39 is 0 Å². The van der Waals surface area contributed by atoms with Crippen LogP contribution in [-0.4, -0.2) is 21.1 Å². The van der Waals surface area contributed by atoms with Crippen LogP contribution in [0, 0.1) is 6.92 Å². The standard InChI is InChI=1S/C21H20ClN3OS/c1-12-7-10-15(22)11-18(12)24-20(26)13(2)27-21-16-5-3-4-6-17(16)23-19(25-21)14-8-9-14/h3-7,10-11,13-14H,8-9H2,1-2H3,(H,24,26). The second kappa shape index (κ2) is 7.49. The van der Waals surface area contributed by atoms with E-state index in [9.17, 15) is 4.79 Å². The Hall–Kier alpha value is -2.11. The molecule has 1 heterocycles. The maximum absolute atomic E-state index is 12.7. The van der Waals surface area contributed by atoms with Crippen LogP contribution in [0.3, 0.4) is 0 Å². The highest BCUT2D eigenvalue weighted by Crippen LogP contribution is 2.40. The molecule has 27 heavy (non-hydrogen) atoms. The number of halogens is 1. The lowest BCUT2D eigenvalue weighted by Crippen LogP contribution is -2.23. The van der Waals surface area contributed by atoms with Crippen molar-refractivity contribution in [2.45, 2.75) is 42.9 Å². The predicted molar refractivity (Wildman–Crippen MR) is 112 cm³/mol. The van der Waals surface area contributed by atoms with Gasteiger partial charge in [-0.2, -0.15) is 0 Å². The number of nitrogens with zero attached hydrogens (tertiary/aromatic N) is 2. The molecule has 4 nitrogen and oxygen atoms in total. The van der Waals surface area contributed by atoms with Gasteiger partial charge in [0, 0.05) is 22.0 Å². The van der Waals surface area contributed by atoms with Gasteiger partial charge >= 0.3 is 0 Å². The predicted octanol–water partition coefficient (Wildman–Crippen LogP) is 5.59. The summed E-state index contributed by atoms with van der Waals surface area (Å²) in [7, 11) is 0. The fourth-order valence-electron chi connectivity index (χ4n) is 2.86. The van der Waals surface area contributed by atoms with Gasteiger partial charge in [0.05, 0.1) is 10.8 Å². The van der Waals surface area contributed by atoms with Crippen LogP contribution >= 0.6 is 23.4 Å². The second-order valence-corrected chi connectivity index (χ2v) is 8.65. The number of hydrogen-bond donors (Lipinski definition) is 1. The Labute approximate surface area is 167 Å². The zero-order valence-corrected chi connectivity index (χ0v) is 16.8. The largest absolute Gasteiger partial charge is 0.325 e. The lowest BCUT2D eigenvalue weighted by molar-refractivity contribution is -0.115. The molecule has 1 aliphatic rings. The van der Waals surface area contributed by atoms with Gasteiger partial charge in [0.2, 0.25) is 5.91 Å². The average molecular weight is 398 g/mol. The molecule has 0 aliphatic heterocycles. The highest BCUT2D eigenvalue weighted by atomic mass is 35.5. The van der Waals surface area contributed by atoms with Gasteiger partial charge in [0.1, 0.15) is 10.9 Å². The third-order valence-electron chi connectivity index (χ3n) is 4.64. The van der Waals surface area contributed by atoms with E-state index in [2.05, 4.69) is 5.32 Å². The summed E-state index contributed by atoms with van der Waals surface area (Å²) >= 11 is 7.53. The molecule has 1 fully saturated rings. The summed E-state index contributed by atoms with van der Waals surface area (Å²) in [6.07, 6.45) is 2.29. The molecule has 1 atom stereocenters. The van der Waals surface area contributed by atoms with E-state index in [-0.39, 0.29) is 11.2 Å². The first-order valence-corrected chi connectivity index (χ1v) is 10.3. The molecule has 3 aromatic rings. The van der Waals surface area contributed by atoms with E-state index in [4.69, 9.17) is 21.6 Å². The first kappa shape index (κ1) is 18.3. The number of carbonyl (C=O) groups is 1. The van der Waals surface area contributed by atoms with Gasteiger partial charge < -0.3 is 5.32 Å². The quantitative estimate of drug-likeness (QED) is 0.450. The van der Waals surface area contributed by atoms with Gasteiger partial charge in [-0.15, -0.1) is 0 Å². The van der Waals surface area contributed by atoms with Crippen molar-refractivity contribution in [1.82, 2.24) is 9.97 Å². The molecule has 1 amide bonds. The Morgan fingerprint density at radius 1 is 1.22 bits per heavy atom. The van der Waals surface area contributed by atoms with Crippen molar-refractivity contribution < 1.29 is 4.79 Å². The summed E-state index contributed by atoms with van der Waals surface area (Å²) in [5.41, 5.74) is 2.66. The zero-order valence-electron chi connectivity index (χ0n) is 15.2. The molecule has 1 N–H and O–H groups in total. The molecule has 0 saturated heterocycles. The highest BCUT2D eigenvalue weighted by molar-refractivity contribution is 8.00. The minimum absolute atomic E-state index is 0.0685. The van der Waals surface area contributed by atoms with Gasteiger partial charge in [-0.3, -0.25) is 4.79 Å². The van der Waals surface area contributed by atoms with E-state index in [0.717, 1.165) is 45.8 Å². The summed E-state index contributed by atoms with van der Waals surface area (Å²) in [4.78, 5) is 22.2. The number of anilines is 1. The number of benzene rings is 2. The van der Waals surface area contributed by atoms with E-state index in [1.54, 1.807) is 6.07 Å². The number of para-hydroxylation sites is 1. The Morgan fingerprint density at radius 2 is 2.00 bits per heavy atom. The summed E-state index contributed by atoms with van der Waals surface area (Å²) in [6.45, 7) is 3.84. The molecule has 0 radical (unpaired) electrons. The van der Waals surface area contributed by atoms with Crippen LogP contribution in [0.1, 0.15) is 37.1 Å². The van der Waals surface area contributed by atoms with Crippen molar-refractivity contribution in [3.05, 3.63) is 58.9 Å². The molecule has 1 aromatic heterocycles. The fourth-order valence-corrected chi connectivity index (χ4v) is 3.98. The van der Waals surface area contributed by atoms with Crippen LogP contribution in [-0.2, 0) is 4.79 Å². The van der Waals surface area contributed by atoms with Gasteiger partial charge in [-0.25, -0.2) is 9.97 Å². The van der Waals surface area contributed by atoms with Crippen molar-refractivity contribution >= 4 is 45.9 Å². The summed E-state index contributed by atoms with van der Waals surface area (Å²) < 4.78 is 0. The topological polar surface area (TPSA) is 54.9 Å². The van der Waals surface area contributed by atoms with Crippen molar-refractivity contribution in [3.63, 3.8) is 0 Å². The minimum Gasteiger partial charge on any atom is -0.325 e. The molecule has 4 rings (SSSR count). The zero-order chi connectivity index (χ0) is 19.0. The number of aryl methyl sites for hydroxylation is 1. The van der Waals surface area contributed by atoms with Crippen molar-refractivity contribution in [1.29, 1.82) is 0 Å². The maximum Gasteiger partial charge on any atom is 0.237 e. The fraction of sp³-hybridized carbons (Fsp3) is 0.286. The van der Waals surface area contributed by atoms with Gasteiger partial charge in [0.15, 0.2) is 0 Å². The van der Waals surface area contributed by atoms with Crippen molar-refractivity contribution in [3.8, 4) is 0 Å². The number of thioether (sulfide) groups is 1. The van der Waals surface area contributed by atoms with Crippen LogP contribution in [0.25, 0.3) is 10.9 Å². The molecule has 1 saturated carbocycles. The Kier molecular flexibility index (Phi) is 5.06. The Bertz CT molecular complexity index is 1020. The smallest absolute Gasteiger partial charge is 0.237 e. The Balaban J connectivity index is 1.57. The highest BCUT2D eigenvalue weighted by Gasteiger charge is 2.28.